The quantitative estimate of drug-likeness (QED) is 0.230. The molecular weight excluding hydrogens is 552 g/mol. The summed E-state index contributed by atoms with van der Waals surface area (Å²) in [5, 5.41) is 1.95. The maximum absolute atomic E-state index is 13.9. The topological polar surface area (TPSA) is 49.9 Å². The molecule has 5 nitrogen and oxygen atoms in total. The first-order chi connectivity index (χ1) is 20.8. The van der Waals surface area contributed by atoms with E-state index in [1.807, 2.05) is 42.5 Å². The second-order valence-electron chi connectivity index (χ2n) is 12.8. The SMILES string of the molecule is Cc1cc2c(cc1C)C1(CCCCN1CCCc1ccc3c(c1)N(S(=O)(=O)c1ccc4ccccc4c1)CCO3)CCC2. The number of hydrogen-bond acceptors (Lipinski definition) is 4. The summed E-state index contributed by atoms with van der Waals surface area (Å²) in [6.07, 6.45) is 9.47. The highest BCUT2D eigenvalue weighted by Crippen LogP contribution is 2.47. The molecule has 1 spiro atoms. The van der Waals surface area contributed by atoms with Gasteiger partial charge in [-0.25, -0.2) is 8.42 Å². The molecule has 224 valence electrons. The molecule has 7 rings (SSSR count). The first kappa shape index (κ1) is 28.4. The van der Waals surface area contributed by atoms with Crippen LogP contribution in [0.4, 0.5) is 5.69 Å². The first-order valence-corrected chi connectivity index (χ1v) is 17.4. The van der Waals surface area contributed by atoms with Gasteiger partial charge >= 0.3 is 0 Å². The fourth-order valence-electron chi connectivity index (χ4n) is 7.80. The van der Waals surface area contributed by atoms with Crippen LogP contribution in [0.3, 0.4) is 0 Å². The lowest BCUT2D eigenvalue weighted by Crippen LogP contribution is -2.51. The maximum Gasteiger partial charge on any atom is 0.264 e. The summed E-state index contributed by atoms with van der Waals surface area (Å²) in [5.41, 5.74) is 7.93. The number of likely N-dealkylation sites (tertiary alicyclic amines) is 1. The van der Waals surface area contributed by atoms with Gasteiger partial charge in [-0.05, 0) is 141 Å². The van der Waals surface area contributed by atoms with E-state index in [1.165, 1.54) is 49.7 Å². The first-order valence-electron chi connectivity index (χ1n) is 16.0. The number of nitrogens with zero attached hydrogens (tertiary/aromatic N) is 2. The Morgan fingerprint density at radius 1 is 0.837 bits per heavy atom. The molecule has 2 aliphatic heterocycles. The van der Waals surface area contributed by atoms with Crippen LogP contribution in [0.1, 0.15) is 66.3 Å². The van der Waals surface area contributed by atoms with Gasteiger partial charge in [0, 0.05) is 5.54 Å². The highest BCUT2D eigenvalue weighted by atomic mass is 32.2. The van der Waals surface area contributed by atoms with E-state index < -0.39 is 10.0 Å². The molecule has 3 aliphatic rings. The maximum atomic E-state index is 13.9. The third kappa shape index (κ3) is 5.12. The Morgan fingerprint density at radius 2 is 1.65 bits per heavy atom. The number of rotatable bonds is 6. The van der Waals surface area contributed by atoms with Crippen LogP contribution in [-0.2, 0) is 28.4 Å². The van der Waals surface area contributed by atoms with E-state index in [0.717, 1.165) is 42.3 Å². The summed E-state index contributed by atoms with van der Waals surface area (Å²) in [6.45, 7) is 7.36. The predicted molar refractivity (Wildman–Crippen MR) is 175 cm³/mol. The van der Waals surface area contributed by atoms with Crippen molar-refractivity contribution in [3.63, 3.8) is 0 Å². The summed E-state index contributed by atoms with van der Waals surface area (Å²) < 4.78 is 35.3. The molecule has 0 bridgehead atoms. The van der Waals surface area contributed by atoms with Crippen LogP contribution in [0.5, 0.6) is 5.75 Å². The second-order valence-corrected chi connectivity index (χ2v) is 14.6. The Balaban J connectivity index is 1.11. The van der Waals surface area contributed by atoms with Gasteiger partial charge in [0.25, 0.3) is 10.0 Å². The van der Waals surface area contributed by atoms with Gasteiger partial charge in [0.1, 0.15) is 12.4 Å². The number of sulfonamides is 1. The molecule has 0 saturated carbocycles. The molecule has 2 heterocycles. The zero-order chi connectivity index (χ0) is 29.6. The molecule has 1 fully saturated rings. The minimum atomic E-state index is -3.73. The van der Waals surface area contributed by atoms with Gasteiger partial charge in [0.05, 0.1) is 17.1 Å². The van der Waals surface area contributed by atoms with Crippen LogP contribution < -0.4 is 9.04 Å². The van der Waals surface area contributed by atoms with Crippen molar-refractivity contribution in [2.75, 3.05) is 30.5 Å². The Bertz CT molecular complexity index is 1780. The fraction of sp³-hybridized carbons (Fsp3) is 0.405. The second kappa shape index (κ2) is 11.3. The molecule has 0 N–H and O–H groups in total. The normalized spacial score (nSPS) is 20.6. The number of benzene rings is 4. The summed E-state index contributed by atoms with van der Waals surface area (Å²) in [5.74, 6) is 0.638. The van der Waals surface area contributed by atoms with Crippen molar-refractivity contribution >= 4 is 26.5 Å². The van der Waals surface area contributed by atoms with Crippen molar-refractivity contribution in [1.29, 1.82) is 0 Å². The van der Waals surface area contributed by atoms with Crippen molar-refractivity contribution in [3.8, 4) is 5.75 Å². The van der Waals surface area contributed by atoms with Gasteiger partial charge in [-0.15, -0.1) is 0 Å². The molecular formula is C37H42N2O3S. The number of fused-ring (bicyclic) bond motifs is 4. The van der Waals surface area contributed by atoms with Gasteiger partial charge in [-0.3, -0.25) is 9.21 Å². The van der Waals surface area contributed by atoms with Gasteiger partial charge in [0.15, 0.2) is 0 Å². The Kier molecular flexibility index (Phi) is 7.46. The Morgan fingerprint density at radius 3 is 2.53 bits per heavy atom. The molecule has 4 aromatic carbocycles. The molecule has 43 heavy (non-hydrogen) atoms. The standard InChI is InChI=1S/C37H42N2O3S/c1-27-23-32-12-7-18-37(34(32)24-28(27)2)17-5-6-19-38(37)20-8-9-29-13-16-36-35(25-29)39(21-22-42-36)43(40,41)33-15-14-30-10-3-4-11-31(30)26-33/h3-4,10-11,13-16,23-26H,5-9,12,17-22H2,1-2H3. The number of anilines is 1. The van der Waals surface area contributed by atoms with Crippen molar-refractivity contribution < 1.29 is 13.2 Å². The van der Waals surface area contributed by atoms with E-state index in [-0.39, 0.29) is 5.54 Å². The summed E-state index contributed by atoms with van der Waals surface area (Å²) in [4.78, 5) is 3.11. The largest absolute Gasteiger partial charge is 0.489 e. The Hall–Kier alpha value is -3.35. The highest BCUT2D eigenvalue weighted by Gasteiger charge is 2.43. The number of ether oxygens (including phenoxy) is 1. The smallest absolute Gasteiger partial charge is 0.264 e. The number of piperidine rings is 1. The third-order valence-electron chi connectivity index (χ3n) is 10.2. The lowest BCUT2D eigenvalue weighted by atomic mass is 9.70. The van der Waals surface area contributed by atoms with Crippen LogP contribution in [0, 0.1) is 13.8 Å². The van der Waals surface area contributed by atoms with Crippen molar-refractivity contribution in [2.24, 2.45) is 0 Å². The average Bonchev–Trinajstić information content (AvgIpc) is 3.02. The molecule has 1 unspecified atom stereocenters. The molecule has 4 aromatic rings. The monoisotopic (exact) mass is 594 g/mol. The van der Waals surface area contributed by atoms with Gasteiger partial charge in [0.2, 0.25) is 0 Å². The van der Waals surface area contributed by atoms with Gasteiger partial charge in [-0.1, -0.05) is 48.5 Å². The molecule has 0 amide bonds. The lowest BCUT2D eigenvalue weighted by molar-refractivity contribution is 0.0270. The predicted octanol–water partition coefficient (Wildman–Crippen LogP) is 7.69. The minimum absolute atomic E-state index is 0.165. The Labute approximate surface area is 256 Å². The number of aryl methyl sites for hydroxylation is 4. The van der Waals surface area contributed by atoms with E-state index in [1.54, 1.807) is 27.6 Å². The zero-order valence-corrected chi connectivity index (χ0v) is 26.3. The van der Waals surface area contributed by atoms with Crippen LogP contribution in [0.15, 0.2) is 77.7 Å². The summed E-state index contributed by atoms with van der Waals surface area (Å²) in [7, 11) is -3.73. The van der Waals surface area contributed by atoms with E-state index >= 15 is 0 Å². The van der Waals surface area contributed by atoms with Crippen LogP contribution in [0.25, 0.3) is 10.8 Å². The third-order valence-corrected chi connectivity index (χ3v) is 12.0. The average molecular weight is 595 g/mol. The number of hydrogen-bond donors (Lipinski definition) is 0. The van der Waals surface area contributed by atoms with Gasteiger partial charge < -0.3 is 4.74 Å². The van der Waals surface area contributed by atoms with E-state index in [2.05, 4.69) is 36.9 Å². The van der Waals surface area contributed by atoms with E-state index in [9.17, 15) is 8.42 Å². The van der Waals surface area contributed by atoms with Crippen LogP contribution in [0.2, 0.25) is 0 Å². The summed E-state index contributed by atoms with van der Waals surface area (Å²) >= 11 is 0. The molecule has 0 radical (unpaired) electrons. The summed E-state index contributed by atoms with van der Waals surface area (Å²) in [6, 6.07) is 24.3. The van der Waals surface area contributed by atoms with Crippen molar-refractivity contribution in [2.45, 2.75) is 75.6 Å². The van der Waals surface area contributed by atoms with Crippen molar-refractivity contribution in [3.05, 3.63) is 101 Å². The molecule has 1 saturated heterocycles. The minimum Gasteiger partial charge on any atom is -0.489 e. The molecule has 6 heteroatoms. The van der Waals surface area contributed by atoms with E-state index in [0.29, 0.717) is 29.5 Å². The van der Waals surface area contributed by atoms with Crippen molar-refractivity contribution in [1.82, 2.24) is 4.90 Å². The highest BCUT2D eigenvalue weighted by molar-refractivity contribution is 7.92. The molecule has 1 aliphatic carbocycles. The fourth-order valence-corrected chi connectivity index (χ4v) is 9.29. The zero-order valence-electron chi connectivity index (χ0n) is 25.4. The van der Waals surface area contributed by atoms with Crippen LogP contribution >= 0.6 is 0 Å². The molecule has 1 atom stereocenters. The molecule has 0 aromatic heterocycles. The van der Waals surface area contributed by atoms with E-state index in [4.69, 9.17) is 4.74 Å². The van der Waals surface area contributed by atoms with Crippen LogP contribution in [-0.4, -0.2) is 39.6 Å². The lowest BCUT2D eigenvalue weighted by Gasteiger charge is -2.51. The van der Waals surface area contributed by atoms with Gasteiger partial charge in [-0.2, -0.15) is 0 Å².